The van der Waals surface area contributed by atoms with E-state index in [9.17, 15) is 4.79 Å². The number of carbonyl (C=O) groups excluding carboxylic acids is 1. The third-order valence-corrected chi connectivity index (χ3v) is 1.88. The lowest BCUT2D eigenvalue weighted by molar-refractivity contribution is -0.108. The number of hydrogen-bond donors (Lipinski definition) is 1. The monoisotopic (exact) mass is 155 g/mol. The molecule has 0 saturated carbocycles. The van der Waals surface area contributed by atoms with Crippen LogP contribution in [0.3, 0.4) is 0 Å². The smallest absolute Gasteiger partial charge is 0.120 e. The van der Waals surface area contributed by atoms with Gasteiger partial charge in [-0.05, 0) is 12.8 Å². The van der Waals surface area contributed by atoms with Crippen LogP contribution in [-0.2, 0) is 4.79 Å². The molecule has 0 aliphatic carbocycles. The van der Waals surface area contributed by atoms with Crippen molar-refractivity contribution >= 4 is 6.29 Å². The van der Waals surface area contributed by atoms with E-state index in [0.29, 0.717) is 12.3 Å². The van der Waals surface area contributed by atoms with E-state index in [1.807, 2.05) is 19.1 Å². The molecule has 0 aromatic heterocycles. The Morgan fingerprint density at radius 3 is 2.55 bits per heavy atom. The number of aldehydes is 1. The maximum Gasteiger partial charge on any atom is 0.120 e. The van der Waals surface area contributed by atoms with Gasteiger partial charge in [0.25, 0.3) is 0 Å². The van der Waals surface area contributed by atoms with Crippen molar-refractivity contribution in [3.05, 3.63) is 12.2 Å². The summed E-state index contributed by atoms with van der Waals surface area (Å²) in [5.74, 6) is 0.309. The first-order valence-electron chi connectivity index (χ1n) is 4.08. The van der Waals surface area contributed by atoms with Crippen molar-refractivity contribution in [2.45, 2.75) is 32.7 Å². The van der Waals surface area contributed by atoms with E-state index in [4.69, 9.17) is 5.73 Å². The highest BCUT2D eigenvalue weighted by Gasteiger charge is 2.11. The molecule has 2 heteroatoms. The molecule has 11 heavy (non-hydrogen) atoms. The maximum absolute atomic E-state index is 10.2. The van der Waals surface area contributed by atoms with E-state index in [2.05, 4.69) is 6.92 Å². The fourth-order valence-corrected chi connectivity index (χ4v) is 1.10. The fraction of sp³-hybridized carbons (Fsp3) is 0.667. The SMILES string of the molecule is C/C=C\C(N)C(CC)CC=O. The number of nitrogens with two attached hydrogens (primary N) is 1. The van der Waals surface area contributed by atoms with Crippen LogP contribution < -0.4 is 5.73 Å². The minimum absolute atomic E-state index is 0.0372. The summed E-state index contributed by atoms with van der Waals surface area (Å²) in [6.07, 6.45) is 6.35. The van der Waals surface area contributed by atoms with Crippen LogP contribution in [0.2, 0.25) is 0 Å². The molecule has 0 aromatic carbocycles. The Morgan fingerprint density at radius 1 is 1.55 bits per heavy atom. The molecule has 0 aliphatic heterocycles. The Hall–Kier alpha value is -0.630. The summed E-state index contributed by atoms with van der Waals surface area (Å²) in [7, 11) is 0. The molecule has 0 amide bonds. The van der Waals surface area contributed by atoms with Crippen molar-refractivity contribution in [1.82, 2.24) is 0 Å². The number of carbonyl (C=O) groups is 1. The molecule has 2 unspecified atom stereocenters. The van der Waals surface area contributed by atoms with Crippen molar-refractivity contribution in [1.29, 1.82) is 0 Å². The fourth-order valence-electron chi connectivity index (χ4n) is 1.10. The van der Waals surface area contributed by atoms with Gasteiger partial charge in [0, 0.05) is 12.5 Å². The van der Waals surface area contributed by atoms with Crippen LogP contribution in [0.4, 0.5) is 0 Å². The normalized spacial score (nSPS) is 16.6. The number of rotatable bonds is 5. The molecule has 0 bridgehead atoms. The zero-order chi connectivity index (χ0) is 8.69. The molecule has 0 radical (unpaired) electrons. The van der Waals surface area contributed by atoms with Crippen LogP contribution in [0.5, 0.6) is 0 Å². The Balaban J connectivity index is 3.89. The topological polar surface area (TPSA) is 43.1 Å². The minimum atomic E-state index is 0.0372. The lowest BCUT2D eigenvalue weighted by Crippen LogP contribution is -2.27. The van der Waals surface area contributed by atoms with Gasteiger partial charge in [-0.1, -0.05) is 25.5 Å². The summed E-state index contributed by atoms with van der Waals surface area (Å²) < 4.78 is 0. The van der Waals surface area contributed by atoms with E-state index >= 15 is 0 Å². The quantitative estimate of drug-likeness (QED) is 0.483. The second-order valence-corrected chi connectivity index (χ2v) is 2.67. The second kappa shape index (κ2) is 6.10. The summed E-state index contributed by atoms with van der Waals surface area (Å²) >= 11 is 0. The van der Waals surface area contributed by atoms with Crippen molar-refractivity contribution in [3.63, 3.8) is 0 Å². The maximum atomic E-state index is 10.2. The second-order valence-electron chi connectivity index (χ2n) is 2.67. The summed E-state index contributed by atoms with van der Waals surface area (Å²) in [6.45, 7) is 3.99. The summed E-state index contributed by atoms with van der Waals surface area (Å²) in [5, 5.41) is 0. The largest absolute Gasteiger partial charge is 0.324 e. The highest BCUT2D eigenvalue weighted by Crippen LogP contribution is 2.10. The van der Waals surface area contributed by atoms with Crippen LogP contribution in [0.15, 0.2) is 12.2 Å². The van der Waals surface area contributed by atoms with Crippen LogP contribution in [-0.4, -0.2) is 12.3 Å². The van der Waals surface area contributed by atoms with Gasteiger partial charge in [-0.25, -0.2) is 0 Å². The number of hydrogen-bond acceptors (Lipinski definition) is 2. The standard InChI is InChI=1S/C9H17NO/c1-3-5-9(10)8(4-2)6-7-11/h3,5,7-9H,4,6,10H2,1-2H3/b5-3-. The van der Waals surface area contributed by atoms with Crippen LogP contribution in [0.1, 0.15) is 26.7 Å². The van der Waals surface area contributed by atoms with Gasteiger partial charge in [0.15, 0.2) is 0 Å². The van der Waals surface area contributed by atoms with Gasteiger partial charge in [0.05, 0.1) is 0 Å². The molecule has 0 aliphatic rings. The average Bonchev–Trinajstić information content (AvgIpc) is 2.00. The molecular formula is C9H17NO. The van der Waals surface area contributed by atoms with Gasteiger partial charge in [-0.3, -0.25) is 0 Å². The Kier molecular flexibility index (Phi) is 5.75. The van der Waals surface area contributed by atoms with Crippen LogP contribution in [0.25, 0.3) is 0 Å². The first kappa shape index (κ1) is 10.4. The lowest BCUT2D eigenvalue weighted by Gasteiger charge is -2.16. The van der Waals surface area contributed by atoms with Crippen molar-refractivity contribution < 1.29 is 4.79 Å². The van der Waals surface area contributed by atoms with Crippen molar-refractivity contribution in [2.24, 2.45) is 11.7 Å². The minimum Gasteiger partial charge on any atom is -0.324 e. The van der Waals surface area contributed by atoms with E-state index in [1.165, 1.54) is 0 Å². The Morgan fingerprint density at radius 2 is 2.18 bits per heavy atom. The Labute approximate surface area is 68.5 Å². The van der Waals surface area contributed by atoms with Gasteiger partial charge in [-0.15, -0.1) is 0 Å². The molecule has 2 atom stereocenters. The van der Waals surface area contributed by atoms with Gasteiger partial charge in [0.2, 0.25) is 0 Å². The van der Waals surface area contributed by atoms with E-state index in [0.717, 1.165) is 12.7 Å². The van der Waals surface area contributed by atoms with Gasteiger partial charge in [-0.2, -0.15) is 0 Å². The molecule has 2 N–H and O–H groups in total. The number of allylic oxidation sites excluding steroid dienone is 1. The molecule has 0 aromatic rings. The molecular weight excluding hydrogens is 138 g/mol. The third kappa shape index (κ3) is 3.94. The summed E-state index contributed by atoms with van der Waals surface area (Å²) in [5.41, 5.74) is 5.78. The summed E-state index contributed by atoms with van der Waals surface area (Å²) in [6, 6.07) is 0.0372. The average molecular weight is 155 g/mol. The van der Waals surface area contributed by atoms with E-state index in [-0.39, 0.29) is 6.04 Å². The highest BCUT2D eigenvalue weighted by atomic mass is 16.1. The predicted molar refractivity (Wildman–Crippen MR) is 47.3 cm³/mol. The molecule has 0 heterocycles. The van der Waals surface area contributed by atoms with Crippen molar-refractivity contribution in [3.8, 4) is 0 Å². The third-order valence-electron chi connectivity index (χ3n) is 1.88. The summed E-state index contributed by atoms with van der Waals surface area (Å²) in [4.78, 5) is 10.2. The highest BCUT2D eigenvalue weighted by molar-refractivity contribution is 5.50. The lowest BCUT2D eigenvalue weighted by atomic mass is 9.94. The first-order chi connectivity index (χ1) is 5.26. The van der Waals surface area contributed by atoms with Crippen molar-refractivity contribution in [2.75, 3.05) is 0 Å². The molecule has 0 fully saturated rings. The molecule has 0 rings (SSSR count). The van der Waals surface area contributed by atoms with Crippen LogP contribution >= 0.6 is 0 Å². The van der Waals surface area contributed by atoms with Gasteiger partial charge in [0.1, 0.15) is 6.29 Å². The van der Waals surface area contributed by atoms with Gasteiger partial charge >= 0.3 is 0 Å². The van der Waals surface area contributed by atoms with Gasteiger partial charge < -0.3 is 10.5 Å². The zero-order valence-corrected chi connectivity index (χ0v) is 7.29. The predicted octanol–water partition coefficient (Wildman–Crippen LogP) is 1.51. The van der Waals surface area contributed by atoms with E-state index < -0.39 is 0 Å². The molecule has 64 valence electrons. The molecule has 2 nitrogen and oxygen atoms in total. The molecule has 0 saturated heterocycles. The zero-order valence-electron chi connectivity index (χ0n) is 7.29. The van der Waals surface area contributed by atoms with Crippen LogP contribution in [0, 0.1) is 5.92 Å². The first-order valence-corrected chi connectivity index (χ1v) is 4.08. The Bertz CT molecular complexity index is 132. The van der Waals surface area contributed by atoms with E-state index in [1.54, 1.807) is 0 Å². The molecule has 0 spiro atoms.